The fourth-order valence-electron chi connectivity index (χ4n) is 1.25. The molecule has 0 bridgehead atoms. The van der Waals surface area contributed by atoms with Crippen LogP contribution < -0.4 is 0 Å². The number of ketones is 1. The molecule has 0 aromatic heterocycles. The molecule has 1 nitrogen and oxygen atoms in total. The summed E-state index contributed by atoms with van der Waals surface area (Å²) in [6.07, 6.45) is 0. The summed E-state index contributed by atoms with van der Waals surface area (Å²) in [5, 5.41) is 0. The van der Waals surface area contributed by atoms with Gasteiger partial charge >= 0.3 is 0 Å². The first-order valence-corrected chi connectivity index (χ1v) is 5.19. The van der Waals surface area contributed by atoms with E-state index in [2.05, 4.69) is 48.5 Å². The van der Waals surface area contributed by atoms with Gasteiger partial charge in [0.25, 0.3) is 0 Å². The largest absolute Gasteiger partial charge is 0.999 e. The van der Waals surface area contributed by atoms with Crippen molar-refractivity contribution in [3.05, 3.63) is 96.1 Å². The van der Waals surface area contributed by atoms with Gasteiger partial charge < -0.3 is 76.3 Å². The number of hydrogen-bond acceptors (Lipinski definition) is 1. The van der Waals surface area contributed by atoms with Gasteiger partial charge in [0, 0.05) is 17.1 Å². The molecule has 0 aliphatic carbocycles. The van der Waals surface area contributed by atoms with E-state index in [4.69, 9.17) is 0 Å². The Morgan fingerprint density at radius 1 is 0.947 bits per heavy atom. The Labute approximate surface area is 124 Å². The van der Waals surface area contributed by atoms with Gasteiger partial charge in [-0.2, -0.15) is 12.1 Å². The Balaban J connectivity index is 0.000000256. The molecule has 19 heavy (non-hydrogen) atoms. The molecular formula is C17H6FeO-10. The zero-order chi connectivity index (χ0) is 12.6. The van der Waals surface area contributed by atoms with Crippen molar-refractivity contribution in [3.63, 3.8) is 0 Å². The zero-order valence-electron chi connectivity index (χ0n) is 9.73. The molecule has 3 aromatic rings. The van der Waals surface area contributed by atoms with Crippen LogP contribution in [0.3, 0.4) is 0 Å². The summed E-state index contributed by atoms with van der Waals surface area (Å²) < 4.78 is 0. The Hall–Kier alpha value is -1.89. The smallest absolute Gasteiger partial charge is 0 e. The molecule has 0 heterocycles. The molecule has 0 N–H and O–H groups in total. The van der Waals surface area contributed by atoms with Crippen LogP contribution in [0.1, 0.15) is 15.9 Å². The summed E-state index contributed by atoms with van der Waals surface area (Å²) in [7, 11) is 0. The number of carbonyl (C=O) groups excluding carboxylic acids is 1. The molecule has 3 rings (SSSR count). The van der Waals surface area contributed by atoms with Crippen molar-refractivity contribution in [3.8, 4) is 0 Å². The van der Waals surface area contributed by atoms with Crippen molar-refractivity contribution in [2.24, 2.45) is 0 Å². The maximum Gasteiger partial charge on any atom is 0 e. The first kappa shape index (κ1) is 15.2. The minimum absolute atomic E-state index is 0. The first-order chi connectivity index (χ1) is 8.88. The van der Waals surface area contributed by atoms with Crippen LogP contribution in [0.25, 0.3) is 0 Å². The number of rotatable bonds is 2. The molecular weight excluding hydrogens is 276 g/mol. The number of carbonyl (C=O) groups is 1. The van der Waals surface area contributed by atoms with Crippen LogP contribution >= 0.6 is 0 Å². The van der Waals surface area contributed by atoms with E-state index >= 15 is 0 Å². The summed E-state index contributed by atoms with van der Waals surface area (Å²) in [5.74, 6) is -0.0851. The van der Waals surface area contributed by atoms with Crippen molar-refractivity contribution in [2.45, 2.75) is 0 Å². The van der Waals surface area contributed by atoms with E-state index in [-0.39, 0.29) is 22.9 Å². The van der Waals surface area contributed by atoms with Gasteiger partial charge in [0.05, 0.1) is 0 Å². The molecule has 0 saturated carbocycles. The first-order valence-electron chi connectivity index (χ1n) is 5.19. The van der Waals surface area contributed by atoms with Gasteiger partial charge in [-0.15, -0.1) is 0 Å². The van der Waals surface area contributed by atoms with Gasteiger partial charge in [0.15, 0.2) is 0 Å². The van der Waals surface area contributed by atoms with Crippen LogP contribution in [-0.4, -0.2) is 5.78 Å². The van der Waals surface area contributed by atoms with Crippen LogP contribution in [0.5, 0.6) is 0 Å². The average molecular weight is 282 g/mol. The van der Waals surface area contributed by atoms with Gasteiger partial charge in [-0.05, 0) is 0 Å². The molecule has 98 valence electrons. The standard InChI is InChI=1S/C12H5O.C5H.Fe/c13-12(11-8-4-5-9-11)10-6-2-1-3-7-10;1-2-4-5-3-1;/h1-3,6-7H;1H;/q2*-5;. The molecule has 0 saturated heterocycles. The Morgan fingerprint density at radius 2 is 1.53 bits per heavy atom. The fraction of sp³-hybridized carbons (Fsp3) is 0. The third kappa shape index (κ3) is 4.70. The predicted octanol–water partition coefficient (Wildman–Crippen LogP) is 2.44. The monoisotopic (exact) mass is 282 g/mol. The average Bonchev–Trinajstić information content (AvgIpc) is 3.14. The summed E-state index contributed by atoms with van der Waals surface area (Å²) in [6, 6.07) is 31.4. The molecule has 0 fully saturated rings. The maximum absolute atomic E-state index is 11.6. The molecule has 0 radical (unpaired) electrons. The summed E-state index contributed by atoms with van der Waals surface area (Å²) >= 11 is 0. The third-order valence-electron chi connectivity index (χ3n) is 2.05. The number of hydrogen-bond donors (Lipinski definition) is 0. The van der Waals surface area contributed by atoms with Crippen molar-refractivity contribution < 1.29 is 21.9 Å². The molecule has 3 aromatic carbocycles. The van der Waals surface area contributed by atoms with Crippen LogP contribution in [0.2, 0.25) is 0 Å². The second-order valence-electron chi connectivity index (χ2n) is 3.25. The second-order valence-corrected chi connectivity index (χ2v) is 3.25. The van der Waals surface area contributed by atoms with Crippen LogP contribution in [0, 0.1) is 48.5 Å². The van der Waals surface area contributed by atoms with Gasteiger partial charge in [0.1, 0.15) is 0 Å². The molecule has 0 atom stereocenters. The molecule has 0 unspecified atom stereocenters. The number of benzene rings is 1. The molecule has 2 heteroatoms. The molecule has 0 aliphatic rings. The molecule has 0 aliphatic heterocycles. The van der Waals surface area contributed by atoms with Gasteiger partial charge in [-0.1, -0.05) is 18.2 Å². The van der Waals surface area contributed by atoms with Crippen LogP contribution in [-0.2, 0) is 17.1 Å². The van der Waals surface area contributed by atoms with Crippen LogP contribution in [0.4, 0.5) is 0 Å². The van der Waals surface area contributed by atoms with Crippen LogP contribution in [0.15, 0.2) is 36.4 Å². The van der Waals surface area contributed by atoms with Crippen molar-refractivity contribution in [1.29, 1.82) is 0 Å². The SMILES string of the molecule is O=C(c1ccccc1)[c-]1[c-][c-][c-][c-]1.[Fe].[c-]1[c-][c-][cH-][c-]1. The van der Waals surface area contributed by atoms with E-state index < -0.39 is 0 Å². The quantitative estimate of drug-likeness (QED) is 0.401. The van der Waals surface area contributed by atoms with Crippen molar-refractivity contribution >= 4 is 5.78 Å². The van der Waals surface area contributed by atoms with E-state index in [1.807, 2.05) is 18.2 Å². The Kier molecular flexibility index (Phi) is 6.59. The minimum Gasteiger partial charge on any atom is -0.999 e. The summed E-state index contributed by atoms with van der Waals surface area (Å²) in [4.78, 5) is 11.6. The third-order valence-corrected chi connectivity index (χ3v) is 2.05. The van der Waals surface area contributed by atoms with Crippen molar-refractivity contribution in [2.75, 3.05) is 0 Å². The molecule has 0 spiro atoms. The van der Waals surface area contributed by atoms with E-state index in [9.17, 15) is 4.79 Å². The van der Waals surface area contributed by atoms with Gasteiger partial charge in [-0.3, -0.25) is 0 Å². The van der Waals surface area contributed by atoms with Crippen molar-refractivity contribution in [1.82, 2.24) is 0 Å². The topological polar surface area (TPSA) is 17.1 Å². The maximum atomic E-state index is 11.6. The summed E-state index contributed by atoms with van der Waals surface area (Å²) in [5.41, 5.74) is 1.04. The Bertz CT molecular complexity index is 533. The summed E-state index contributed by atoms with van der Waals surface area (Å²) in [6.45, 7) is 0. The fourth-order valence-corrected chi connectivity index (χ4v) is 1.25. The van der Waals surface area contributed by atoms with Gasteiger partial charge in [0.2, 0.25) is 0 Å². The van der Waals surface area contributed by atoms with E-state index in [0.717, 1.165) is 0 Å². The van der Waals surface area contributed by atoms with Gasteiger partial charge in [-0.25, -0.2) is 0 Å². The van der Waals surface area contributed by atoms with E-state index in [1.54, 1.807) is 18.2 Å². The zero-order valence-corrected chi connectivity index (χ0v) is 10.8. The normalized spacial score (nSPS) is 8.84. The second kappa shape index (κ2) is 8.25. The molecule has 0 amide bonds. The Morgan fingerprint density at radius 3 is 2.00 bits per heavy atom. The van der Waals surface area contributed by atoms with E-state index in [1.165, 1.54) is 0 Å². The minimum atomic E-state index is -0.0851. The van der Waals surface area contributed by atoms with E-state index in [0.29, 0.717) is 11.1 Å². The predicted molar refractivity (Wildman–Crippen MR) is 64.6 cm³/mol.